The third-order valence-corrected chi connectivity index (χ3v) is 4.13. The molecule has 1 fully saturated rings. The number of hydrogen-bond donors (Lipinski definition) is 1. The minimum Gasteiger partial charge on any atom is -0.483 e. The van der Waals surface area contributed by atoms with Gasteiger partial charge in [0.05, 0.1) is 0 Å². The topological polar surface area (TPSA) is 66.8 Å². The number of aliphatic carboxylic acids is 1. The summed E-state index contributed by atoms with van der Waals surface area (Å²) in [6.45, 7) is 5.21. The van der Waals surface area contributed by atoms with Gasteiger partial charge in [0, 0.05) is 19.5 Å². The first-order valence-electron chi connectivity index (χ1n) is 7.65. The number of ether oxygens (including phenoxy) is 1. The molecule has 0 unspecified atom stereocenters. The number of benzene rings is 1. The number of piperidine rings is 1. The van der Waals surface area contributed by atoms with Crippen LogP contribution in [-0.4, -0.2) is 41.6 Å². The van der Waals surface area contributed by atoms with Crippen LogP contribution in [-0.2, 0) is 9.59 Å². The van der Waals surface area contributed by atoms with Crippen LogP contribution < -0.4 is 4.74 Å². The zero-order valence-corrected chi connectivity index (χ0v) is 13.2. The number of nitrogens with zero attached hydrogens (tertiary/aromatic N) is 1. The van der Waals surface area contributed by atoms with Crippen molar-refractivity contribution >= 4 is 11.9 Å². The molecule has 5 nitrogen and oxygen atoms in total. The standard InChI is InChI=1S/C17H23NO4/c1-12-3-4-13(2)15(9-12)22-11-16(19)18-7-5-14(6-8-18)10-17(20)21/h3-4,9,14H,5-8,10-11H2,1-2H3,(H,20,21). The van der Waals surface area contributed by atoms with Gasteiger partial charge in [0.15, 0.2) is 6.61 Å². The molecule has 120 valence electrons. The minimum atomic E-state index is -0.761. The van der Waals surface area contributed by atoms with Gasteiger partial charge >= 0.3 is 5.97 Å². The number of aryl methyl sites for hydroxylation is 2. The highest BCUT2D eigenvalue weighted by molar-refractivity contribution is 5.78. The summed E-state index contributed by atoms with van der Waals surface area (Å²) in [5, 5.41) is 8.80. The highest BCUT2D eigenvalue weighted by Gasteiger charge is 2.24. The molecule has 0 radical (unpaired) electrons. The normalized spacial score (nSPS) is 15.6. The molecule has 0 atom stereocenters. The molecule has 2 rings (SSSR count). The van der Waals surface area contributed by atoms with Gasteiger partial charge in [0.25, 0.3) is 5.91 Å². The molecule has 0 aliphatic carbocycles. The molecule has 1 aliphatic rings. The van der Waals surface area contributed by atoms with Crippen LogP contribution in [0, 0.1) is 19.8 Å². The van der Waals surface area contributed by atoms with Gasteiger partial charge in [-0.25, -0.2) is 0 Å². The largest absolute Gasteiger partial charge is 0.483 e. The van der Waals surface area contributed by atoms with Gasteiger partial charge in [-0.1, -0.05) is 12.1 Å². The summed E-state index contributed by atoms with van der Waals surface area (Å²) < 4.78 is 5.64. The fourth-order valence-corrected chi connectivity index (χ4v) is 2.73. The Morgan fingerprint density at radius 1 is 1.27 bits per heavy atom. The average molecular weight is 305 g/mol. The second-order valence-corrected chi connectivity index (χ2v) is 5.98. The zero-order chi connectivity index (χ0) is 16.1. The Balaban J connectivity index is 1.81. The summed E-state index contributed by atoms with van der Waals surface area (Å²) in [6.07, 6.45) is 1.70. The Hall–Kier alpha value is -2.04. The fraction of sp³-hybridized carbons (Fsp3) is 0.529. The Labute approximate surface area is 130 Å². The van der Waals surface area contributed by atoms with Gasteiger partial charge in [0.2, 0.25) is 0 Å². The van der Waals surface area contributed by atoms with Crippen molar-refractivity contribution in [1.82, 2.24) is 4.90 Å². The first-order chi connectivity index (χ1) is 10.5. The van der Waals surface area contributed by atoms with Gasteiger partial charge in [-0.05, 0) is 49.8 Å². The van der Waals surface area contributed by atoms with E-state index in [4.69, 9.17) is 9.84 Å². The quantitative estimate of drug-likeness (QED) is 0.907. The van der Waals surface area contributed by atoms with Crippen molar-refractivity contribution in [3.8, 4) is 5.75 Å². The van der Waals surface area contributed by atoms with Crippen molar-refractivity contribution in [2.45, 2.75) is 33.1 Å². The van der Waals surface area contributed by atoms with Crippen LogP contribution in [0.4, 0.5) is 0 Å². The Kier molecular flexibility index (Phi) is 5.41. The molecule has 1 N–H and O–H groups in total. The lowest BCUT2D eigenvalue weighted by atomic mass is 9.94. The van der Waals surface area contributed by atoms with Crippen molar-refractivity contribution in [3.63, 3.8) is 0 Å². The van der Waals surface area contributed by atoms with Gasteiger partial charge in [-0.3, -0.25) is 9.59 Å². The second-order valence-electron chi connectivity index (χ2n) is 5.98. The van der Waals surface area contributed by atoms with Gasteiger partial charge < -0.3 is 14.7 Å². The van der Waals surface area contributed by atoms with E-state index < -0.39 is 5.97 Å². The van der Waals surface area contributed by atoms with E-state index in [1.165, 1.54) is 0 Å². The third kappa shape index (κ3) is 4.48. The van der Waals surface area contributed by atoms with Gasteiger partial charge in [-0.15, -0.1) is 0 Å². The maximum Gasteiger partial charge on any atom is 0.303 e. The number of carboxylic acids is 1. The van der Waals surface area contributed by atoms with E-state index in [0.29, 0.717) is 13.1 Å². The van der Waals surface area contributed by atoms with Crippen LogP contribution >= 0.6 is 0 Å². The minimum absolute atomic E-state index is 0.0327. The SMILES string of the molecule is Cc1ccc(C)c(OCC(=O)N2CCC(CC(=O)O)CC2)c1. The first kappa shape index (κ1) is 16.3. The molecule has 0 saturated carbocycles. The summed E-state index contributed by atoms with van der Waals surface area (Å²) in [5.41, 5.74) is 2.11. The summed E-state index contributed by atoms with van der Waals surface area (Å²) in [5.74, 6) is 0.133. The van der Waals surface area contributed by atoms with E-state index in [-0.39, 0.29) is 24.9 Å². The monoisotopic (exact) mass is 305 g/mol. The molecule has 1 aromatic rings. The highest BCUT2D eigenvalue weighted by Crippen LogP contribution is 2.22. The number of carboxylic acid groups (broad SMARTS) is 1. The maximum atomic E-state index is 12.2. The summed E-state index contributed by atoms with van der Waals surface area (Å²) in [7, 11) is 0. The zero-order valence-electron chi connectivity index (χ0n) is 13.2. The highest BCUT2D eigenvalue weighted by atomic mass is 16.5. The molecule has 1 saturated heterocycles. The number of carbonyl (C=O) groups is 2. The van der Waals surface area contributed by atoms with Crippen molar-refractivity contribution in [1.29, 1.82) is 0 Å². The summed E-state index contributed by atoms with van der Waals surface area (Å²) in [4.78, 5) is 24.6. The molecule has 1 aliphatic heterocycles. The van der Waals surface area contributed by atoms with Crippen LogP contribution in [0.15, 0.2) is 18.2 Å². The number of likely N-dealkylation sites (tertiary alicyclic amines) is 1. The van der Waals surface area contributed by atoms with E-state index in [9.17, 15) is 9.59 Å². The molecule has 0 spiro atoms. The molecule has 22 heavy (non-hydrogen) atoms. The van der Waals surface area contributed by atoms with E-state index in [2.05, 4.69) is 0 Å². The van der Waals surface area contributed by atoms with Crippen LogP contribution in [0.1, 0.15) is 30.4 Å². The van der Waals surface area contributed by atoms with E-state index in [1.54, 1.807) is 4.90 Å². The van der Waals surface area contributed by atoms with E-state index in [0.717, 1.165) is 29.7 Å². The summed E-state index contributed by atoms with van der Waals surface area (Å²) in [6, 6.07) is 5.92. The molecule has 1 amide bonds. The predicted molar refractivity (Wildman–Crippen MR) is 83.0 cm³/mol. The Morgan fingerprint density at radius 3 is 2.59 bits per heavy atom. The molecular weight excluding hydrogens is 282 g/mol. The van der Waals surface area contributed by atoms with Gasteiger partial charge in [0.1, 0.15) is 5.75 Å². The van der Waals surface area contributed by atoms with Gasteiger partial charge in [-0.2, -0.15) is 0 Å². The number of hydrogen-bond acceptors (Lipinski definition) is 3. The van der Waals surface area contributed by atoms with Crippen molar-refractivity contribution in [2.75, 3.05) is 19.7 Å². The third-order valence-electron chi connectivity index (χ3n) is 4.13. The van der Waals surface area contributed by atoms with Crippen molar-refractivity contribution in [3.05, 3.63) is 29.3 Å². The number of rotatable bonds is 5. The van der Waals surface area contributed by atoms with Crippen molar-refractivity contribution in [2.24, 2.45) is 5.92 Å². The summed E-state index contributed by atoms with van der Waals surface area (Å²) >= 11 is 0. The number of carbonyl (C=O) groups excluding carboxylic acids is 1. The van der Waals surface area contributed by atoms with Crippen LogP contribution in [0.25, 0.3) is 0 Å². The lowest BCUT2D eigenvalue weighted by molar-refractivity contribution is -0.139. The van der Waals surface area contributed by atoms with E-state index in [1.807, 2.05) is 32.0 Å². The smallest absolute Gasteiger partial charge is 0.303 e. The molecule has 0 bridgehead atoms. The number of amides is 1. The fourth-order valence-electron chi connectivity index (χ4n) is 2.73. The predicted octanol–water partition coefficient (Wildman–Crippen LogP) is 2.40. The Bertz CT molecular complexity index is 548. The second kappa shape index (κ2) is 7.29. The van der Waals surface area contributed by atoms with Crippen molar-refractivity contribution < 1.29 is 19.4 Å². The molecule has 1 aromatic carbocycles. The van der Waals surface area contributed by atoms with Crippen LogP contribution in [0.2, 0.25) is 0 Å². The first-order valence-corrected chi connectivity index (χ1v) is 7.65. The van der Waals surface area contributed by atoms with Crippen LogP contribution in [0.5, 0.6) is 5.75 Å². The molecular formula is C17H23NO4. The maximum absolute atomic E-state index is 12.2. The lowest BCUT2D eigenvalue weighted by Gasteiger charge is -2.31. The van der Waals surface area contributed by atoms with E-state index >= 15 is 0 Å². The average Bonchev–Trinajstić information content (AvgIpc) is 2.48. The Morgan fingerprint density at radius 2 is 1.95 bits per heavy atom. The molecule has 1 heterocycles. The molecule has 5 heteroatoms. The molecule has 0 aromatic heterocycles. The van der Waals surface area contributed by atoms with Crippen LogP contribution in [0.3, 0.4) is 0 Å². The lowest BCUT2D eigenvalue weighted by Crippen LogP contribution is -2.41.